The van der Waals surface area contributed by atoms with Gasteiger partial charge in [0.05, 0.1) is 7.11 Å². The summed E-state index contributed by atoms with van der Waals surface area (Å²) >= 11 is 0. The van der Waals surface area contributed by atoms with Gasteiger partial charge in [-0.2, -0.15) is 0 Å². The van der Waals surface area contributed by atoms with Crippen LogP contribution in [0.25, 0.3) is 0 Å². The minimum atomic E-state index is -0.429. The molecule has 1 aliphatic heterocycles. The van der Waals surface area contributed by atoms with Crippen LogP contribution in [0.1, 0.15) is 58.4 Å². The van der Waals surface area contributed by atoms with Gasteiger partial charge in [-0.25, -0.2) is 4.79 Å². The Kier molecular flexibility index (Phi) is 5.99. The zero-order valence-corrected chi connectivity index (χ0v) is 17.2. The maximum atomic E-state index is 12.3. The van der Waals surface area contributed by atoms with E-state index in [1.54, 1.807) is 7.11 Å². The predicted octanol–water partition coefficient (Wildman–Crippen LogP) is 4.35. The zero-order chi connectivity index (χ0) is 19.5. The summed E-state index contributed by atoms with van der Waals surface area (Å²) in [7, 11) is 1.69. The van der Waals surface area contributed by atoms with Gasteiger partial charge in [-0.1, -0.05) is 18.6 Å². The monoisotopic (exact) mass is 374 g/mol. The molecule has 1 unspecified atom stereocenters. The number of ether oxygens (including phenoxy) is 2. The molecule has 2 aliphatic rings. The number of hydrogen-bond acceptors (Lipinski definition) is 4. The molecular weight excluding hydrogens is 340 g/mol. The molecule has 5 nitrogen and oxygen atoms in total. The standard InChI is InChI=1S/C22H34N2O3/c1-21(2,3)27-20(25)24-14-12-22(13-15-24)11-5-6-19(22)23-16-17-7-9-18(26-4)10-8-17/h7-10,19,23H,5-6,11-16H2,1-4H3. The highest BCUT2D eigenvalue weighted by Crippen LogP contribution is 2.46. The van der Waals surface area contributed by atoms with E-state index in [9.17, 15) is 4.79 Å². The summed E-state index contributed by atoms with van der Waals surface area (Å²) in [5, 5.41) is 3.80. The Balaban J connectivity index is 1.54. The van der Waals surface area contributed by atoms with Crippen molar-refractivity contribution in [1.82, 2.24) is 10.2 Å². The van der Waals surface area contributed by atoms with Crippen molar-refractivity contribution in [2.75, 3.05) is 20.2 Å². The number of methoxy groups -OCH3 is 1. The molecule has 1 atom stereocenters. The molecule has 2 fully saturated rings. The Morgan fingerprint density at radius 2 is 1.85 bits per heavy atom. The van der Waals surface area contributed by atoms with Crippen LogP contribution < -0.4 is 10.1 Å². The van der Waals surface area contributed by atoms with Gasteiger partial charge in [0.25, 0.3) is 0 Å². The predicted molar refractivity (Wildman–Crippen MR) is 107 cm³/mol. The normalized spacial score (nSPS) is 22.1. The van der Waals surface area contributed by atoms with E-state index in [0.29, 0.717) is 11.5 Å². The van der Waals surface area contributed by atoms with E-state index in [4.69, 9.17) is 9.47 Å². The second-order valence-corrected chi connectivity index (χ2v) is 9.00. The van der Waals surface area contributed by atoms with Gasteiger partial charge in [0.1, 0.15) is 11.4 Å². The minimum absolute atomic E-state index is 0.168. The molecule has 1 aliphatic carbocycles. The third kappa shape index (κ3) is 4.95. The molecule has 0 radical (unpaired) electrons. The topological polar surface area (TPSA) is 50.8 Å². The number of nitrogens with one attached hydrogen (secondary N) is 1. The van der Waals surface area contributed by atoms with Crippen LogP contribution in [0.2, 0.25) is 0 Å². The van der Waals surface area contributed by atoms with Crippen LogP contribution >= 0.6 is 0 Å². The molecule has 150 valence electrons. The lowest BCUT2D eigenvalue weighted by Gasteiger charge is -2.43. The van der Waals surface area contributed by atoms with E-state index in [0.717, 1.165) is 38.2 Å². The third-order valence-corrected chi connectivity index (χ3v) is 6.03. The van der Waals surface area contributed by atoms with Gasteiger partial charge < -0.3 is 19.7 Å². The molecule has 1 spiro atoms. The quantitative estimate of drug-likeness (QED) is 0.851. The van der Waals surface area contributed by atoms with Gasteiger partial charge in [-0.3, -0.25) is 0 Å². The number of benzene rings is 1. The van der Waals surface area contributed by atoms with Gasteiger partial charge in [0.2, 0.25) is 0 Å². The lowest BCUT2D eigenvalue weighted by Crippen LogP contribution is -2.50. The molecule has 1 amide bonds. The largest absolute Gasteiger partial charge is 0.497 e. The molecule has 1 aromatic rings. The van der Waals surface area contributed by atoms with Crippen molar-refractivity contribution in [3.63, 3.8) is 0 Å². The fraction of sp³-hybridized carbons (Fsp3) is 0.682. The Bertz CT molecular complexity index is 628. The molecule has 1 N–H and O–H groups in total. The molecule has 1 saturated carbocycles. The molecule has 27 heavy (non-hydrogen) atoms. The van der Waals surface area contributed by atoms with E-state index < -0.39 is 5.60 Å². The van der Waals surface area contributed by atoms with Crippen molar-refractivity contribution in [3.05, 3.63) is 29.8 Å². The van der Waals surface area contributed by atoms with Crippen molar-refractivity contribution in [2.45, 2.75) is 71.1 Å². The summed E-state index contributed by atoms with van der Waals surface area (Å²) in [5.41, 5.74) is 1.18. The number of nitrogens with zero attached hydrogens (tertiary/aromatic N) is 1. The maximum Gasteiger partial charge on any atom is 0.410 e. The average Bonchev–Trinajstić information content (AvgIpc) is 3.01. The van der Waals surface area contributed by atoms with Gasteiger partial charge in [-0.05, 0) is 69.6 Å². The van der Waals surface area contributed by atoms with Gasteiger partial charge in [-0.15, -0.1) is 0 Å². The number of likely N-dealkylation sites (tertiary alicyclic amines) is 1. The molecule has 1 saturated heterocycles. The van der Waals surface area contributed by atoms with E-state index >= 15 is 0 Å². The highest BCUT2D eigenvalue weighted by Gasteiger charge is 2.45. The number of rotatable bonds is 4. The Morgan fingerprint density at radius 1 is 1.19 bits per heavy atom. The zero-order valence-electron chi connectivity index (χ0n) is 17.2. The van der Waals surface area contributed by atoms with Crippen LogP contribution in [-0.2, 0) is 11.3 Å². The van der Waals surface area contributed by atoms with Crippen LogP contribution in [-0.4, -0.2) is 42.8 Å². The van der Waals surface area contributed by atoms with E-state index in [1.807, 2.05) is 37.8 Å². The summed E-state index contributed by atoms with van der Waals surface area (Å²) in [6.45, 7) is 8.25. The fourth-order valence-corrected chi connectivity index (χ4v) is 4.50. The van der Waals surface area contributed by atoms with Crippen molar-refractivity contribution in [3.8, 4) is 5.75 Å². The second-order valence-electron chi connectivity index (χ2n) is 9.00. The Labute approximate surface area is 163 Å². The van der Waals surface area contributed by atoms with E-state index in [-0.39, 0.29) is 6.09 Å². The fourth-order valence-electron chi connectivity index (χ4n) is 4.50. The molecule has 3 rings (SSSR count). The van der Waals surface area contributed by atoms with Crippen LogP contribution in [0.3, 0.4) is 0 Å². The Morgan fingerprint density at radius 3 is 2.44 bits per heavy atom. The summed E-state index contributed by atoms with van der Waals surface area (Å²) < 4.78 is 10.8. The SMILES string of the molecule is COc1ccc(CNC2CCCC23CCN(C(=O)OC(C)(C)C)CC3)cc1. The summed E-state index contributed by atoms with van der Waals surface area (Å²) in [4.78, 5) is 14.2. The molecule has 0 bridgehead atoms. The first-order valence-corrected chi connectivity index (χ1v) is 10.2. The summed E-state index contributed by atoms with van der Waals surface area (Å²) in [6, 6.07) is 8.80. The lowest BCUT2D eigenvalue weighted by atomic mass is 9.74. The van der Waals surface area contributed by atoms with Crippen LogP contribution in [0, 0.1) is 5.41 Å². The molecular formula is C22H34N2O3. The van der Waals surface area contributed by atoms with E-state index in [2.05, 4.69) is 17.4 Å². The number of carbonyl (C=O) groups is 1. The summed E-state index contributed by atoms with van der Waals surface area (Å²) in [5.74, 6) is 0.894. The summed E-state index contributed by atoms with van der Waals surface area (Å²) in [6.07, 6.45) is 5.71. The van der Waals surface area contributed by atoms with Crippen molar-refractivity contribution >= 4 is 6.09 Å². The van der Waals surface area contributed by atoms with Crippen LogP contribution in [0.5, 0.6) is 5.75 Å². The maximum absolute atomic E-state index is 12.3. The minimum Gasteiger partial charge on any atom is -0.497 e. The van der Waals surface area contributed by atoms with Gasteiger partial charge in [0, 0.05) is 25.7 Å². The van der Waals surface area contributed by atoms with E-state index in [1.165, 1.54) is 24.8 Å². The average molecular weight is 375 g/mol. The molecule has 1 heterocycles. The first-order valence-electron chi connectivity index (χ1n) is 10.2. The third-order valence-electron chi connectivity index (χ3n) is 6.03. The number of piperidine rings is 1. The highest BCUT2D eigenvalue weighted by molar-refractivity contribution is 5.68. The number of hydrogen-bond donors (Lipinski definition) is 1. The first kappa shape index (κ1) is 20.0. The second kappa shape index (κ2) is 8.09. The molecule has 1 aromatic carbocycles. The molecule has 5 heteroatoms. The first-order chi connectivity index (χ1) is 12.8. The van der Waals surface area contributed by atoms with Crippen molar-refractivity contribution < 1.29 is 14.3 Å². The number of amides is 1. The van der Waals surface area contributed by atoms with Gasteiger partial charge >= 0.3 is 6.09 Å². The Hall–Kier alpha value is -1.75. The van der Waals surface area contributed by atoms with Crippen molar-refractivity contribution in [1.29, 1.82) is 0 Å². The highest BCUT2D eigenvalue weighted by atomic mass is 16.6. The van der Waals surface area contributed by atoms with Crippen molar-refractivity contribution in [2.24, 2.45) is 5.41 Å². The van der Waals surface area contributed by atoms with Crippen LogP contribution in [0.4, 0.5) is 4.79 Å². The lowest BCUT2D eigenvalue weighted by molar-refractivity contribution is 0.00718. The molecule has 0 aromatic heterocycles. The number of carbonyl (C=O) groups excluding carboxylic acids is 1. The van der Waals surface area contributed by atoms with Crippen LogP contribution in [0.15, 0.2) is 24.3 Å². The van der Waals surface area contributed by atoms with Gasteiger partial charge in [0.15, 0.2) is 0 Å². The smallest absolute Gasteiger partial charge is 0.410 e.